The topological polar surface area (TPSA) is 83.2 Å². The number of carbonyl (C=O) groups excluding carboxylic acids is 1. The van der Waals surface area contributed by atoms with Crippen LogP contribution in [-0.4, -0.2) is 60.3 Å². The number of amides is 2. The summed E-state index contributed by atoms with van der Waals surface area (Å²) in [5.74, 6) is -1.61. The molecule has 110 valence electrons. The van der Waals surface area contributed by atoms with Crippen LogP contribution in [0.25, 0.3) is 0 Å². The van der Waals surface area contributed by atoms with Crippen LogP contribution in [0.3, 0.4) is 0 Å². The minimum atomic E-state index is -0.940. The quantitative estimate of drug-likeness (QED) is 0.885. The van der Waals surface area contributed by atoms with E-state index in [0.717, 1.165) is 5.56 Å². The number of carboxylic acid groups (broad SMARTS) is 1. The second-order valence-electron chi connectivity index (χ2n) is 4.93. The molecule has 0 aromatic carbocycles. The zero-order valence-electron chi connectivity index (χ0n) is 11.5. The van der Waals surface area contributed by atoms with Gasteiger partial charge in [-0.1, -0.05) is 0 Å². The third-order valence-electron chi connectivity index (χ3n) is 3.49. The summed E-state index contributed by atoms with van der Waals surface area (Å²) in [5.41, 5.74) is 0.881. The van der Waals surface area contributed by atoms with Crippen molar-refractivity contribution in [2.24, 2.45) is 5.92 Å². The van der Waals surface area contributed by atoms with Crippen molar-refractivity contribution < 1.29 is 23.8 Å². The molecule has 1 aromatic rings. The molecule has 0 spiro atoms. The molecule has 1 aliphatic rings. The second-order valence-corrected chi connectivity index (χ2v) is 4.93. The van der Waals surface area contributed by atoms with Gasteiger partial charge in [-0.05, 0) is 6.07 Å². The van der Waals surface area contributed by atoms with Gasteiger partial charge in [-0.2, -0.15) is 0 Å². The minimum Gasteiger partial charge on any atom is -0.481 e. The predicted molar refractivity (Wildman–Crippen MR) is 69.1 cm³/mol. The molecular formula is C13H18N2O5. The Morgan fingerprint density at radius 2 is 2.15 bits per heavy atom. The number of furan rings is 1. The first-order valence-electron chi connectivity index (χ1n) is 6.30. The monoisotopic (exact) mass is 282 g/mol. The molecule has 1 fully saturated rings. The van der Waals surface area contributed by atoms with Crippen LogP contribution in [0.5, 0.6) is 0 Å². The van der Waals surface area contributed by atoms with Crippen molar-refractivity contribution in [1.29, 1.82) is 0 Å². The van der Waals surface area contributed by atoms with Gasteiger partial charge >= 0.3 is 12.0 Å². The molecule has 2 rings (SSSR count). The fraction of sp³-hybridized carbons (Fsp3) is 0.538. The number of aliphatic carboxylic acids is 1. The fourth-order valence-electron chi connectivity index (χ4n) is 2.30. The van der Waals surface area contributed by atoms with Crippen molar-refractivity contribution in [3.8, 4) is 0 Å². The van der Waals surface area contributed by atoms with Gasteiger partial charge in [0.05, 0.1) is 38.3 Å². The maximum atomic E-state index is 12.3. The van der Waals surface area contributed by atoms with Crippen LogP contribution in [0.1, 0.15) is 5.56 Å². The van der Waals surface area contributed by atoms with Gasteiger partial charge in [0.2, 0.25) is 0 Å². The lowest BCUT2D eigenvalue weighted by molar-refractivity contribution is -0.142. The largest absolute Gasteiger partial charge is 0.481 e. The molecule has 0 radical (unpaired) electrons. The van der Waals surface area contributed by atoms with E-state index in [-0.39, 0.29) is 19.2 Å². The first-order valence-corrected chi connectivity index (χ1v) is 6.30. The fourth-order valence-corrected chi connectivity index (χ4v) is 2.30. The summed E-state index contributed by atoms with van der Waals surface area (Å²) >= 11 is 0. The Hall–Kier alpha value is -2.02. The molecule has 0 aliphatic carbocycles. The third kappa shape index (κ3) is 2.93. The van der Waals surface area contributed by atoms with Crippen molar-refractivity contribution in [3.05, 3.63) is 24.2 Å². The lowest BCUT2D eigenvalue weighted by atomic mass is 10.0. The third-order valence-corrected chi connectivity index (χ3v) is 3.49. The lowest BCUT2D eigenvalue weighted by Gasteiger charge is -2.30. The Labute approximate surface area is 116 Å². The molecule has 20 heavy (non-hydrogen) atoms. The number of hydrogen-bond donors (Lipinski definition) is 1. The van der Waals surface area contributed by atoms with Crippen LogP contribution >= 0.6 is 0 Å². The highest BCUT2D eigenvalue weighted by Gasteiger charge is 2.39. The first-order chi connectivity index (χ1) is 9.50. The molecule has 1 aliphatic heterocycles. The highest BCUT2D eigenvalue weighted by atomic mass is 16.5. The second kappa shape index (κ2) is 5.96. The van der Waals surface area contributed by atoms with Crippen molar-refractivity contribution >= 4 is 12.0 Å². The molecule has 7 heteroatoms. The van der Waals surface area contributed by atoms with E-state index >= 15 is 0 Å². The smallest absolute Gasteiger partial charge is 0.320 e. The summed E-state index contributed by atoms with van der Waals surface area (Å²) in [6.07, 6.45) is 3.12. The molecule has 7 nitrogen and oxygen atoms in total. The summed E-state index contributed by atoms with van der Waals surface area (Å²) < 4.78 is 10.1. The molecular weight excluding hydrogens is 264 g/mol. The maximum Gasteiger partial charge on any atom is 0.320 e. The summed E-state index contributed by atoms with van der Waals surface area (Å²) in [5, 5.41) is 9.12. The summed E-state index contributed by atoms with van der Waals surface area (Å²) in [6, 6.07) is 1.10. The number of carbonyl (C=O) groups is 2. The number of rotatable bonds is 4. The van der Waals surface area contributed by atoms with E-state index in [4.69, 9.17) is 14.3 Å². The normalized spacial score (nSPS) is 21.7. The van der Waals surface area contributed by atoms with E-state index in [1.54, 1.807) is 32.7 Å². The predicted octanol–water partition coefficient (Wildman–Crippen LogP) is 0.863. The minimum absolute atomic E-state index is 0.142. The van der Waals surface area contributed by atoms with E-state index < -0.39 is 17.9 Å². The van der Waals surface area contributed by atoms with Gasteiger partial charge in [0, 0.05) is 19.7 Å². The van der Waals surface area contributed by atoms with E-state index in [9.17, 15) is 9.59 Å². The Morgan fingerprint density at radius 3 is 2.75 bits per heavy atom. The number of ether oxygens (including phenoxy) is 1. The Kier molecular flexibility index (Phi) is 4.29. The van der Waals surface area contributed by atoms with Crippen LogP contribution in [0.2, 0.25) is 0 Å². The van der Waals surface area contributed by atoms with Crippen LogP contribution in [0, 0.1) is 5.92 Å². The molecule has 2 atom stereocenters. The molecule has 0 bridgehead atoms. The van der Waals surface area contributed by atoms with Gasteiger partial charge in [-0.25, -0.2) is 4.79 Å². The zero-order valence-corrected chi connectivity index (χ0v) is 11.5. The van der Waals surface area contributed by atoms with E-state index in [1.807, 2.05) is 0 Å². The van der Waals surface area contributed by atoms with Crippen molar-refractivity contribution in [2.75, 3.05) is 27.3 Å². The Morgan fingerprint density at radius 1 is 1.40 bits per heavy atom. The number of carboxylic acids is 1. The lowest BCUT2D eigenvalue weighted by Crippen LogP contribution is -2.48. The number of urea groups is 1. The number of hydrogen-bond acceptors (Lipinski definition) is 4. The zero-order chi connectivity index (χ0) is 14.7. The molecule has 1 N–H and O–H groups in total. The Bertz CT molecular complexity index is 473. The SMILES string of the molecule is CN(Cc1ccoc1)C(=O)N(C)C1COCC1C(=O)O. The highest BCUT2D eigenvalue weighted by molar-refractivity contribution is 5.77. The average molecular weight is 282 g/mol. The van der Waals surface area contributed by atoms with Crippen LogP contribution in [0.15, 0.2) is 23.0 Å². The van der Waals surface area contributed by atoms with Crippen molar-refractivity contribution in [1.82, 2.24) is 9.80 Å². The summed E-state index contributed by atoms with van der Waals surface area (Å²) in [6.45, 7) is 0.798. The number of likely N-dealkylation sites (N-methyl/N-ethyl adjacent to an activating group) is 1. The summed E-state index contributed by atoms with van der Waals surface area (Å²) in [4.78, 5) is 26.4. The molecule has 0 saturated carbocycles. The van der Waals surface area contributed by atoms with Gasteiger partial charge < -0.3 is 24.1 Å². The maximum absolute atomic E-state index is 12.3. The van der Waals surface area contributed by atoms with Crippen LogP contribution < -0.4 is 0 Å². The van der Waals surface area contributed by atoms with Crippen LogP contribution in [0.4, 0.5) is 4.79 Å². The van der Waals surface area contributed by atoms with E-state index in [0.29, 0.717) is 6.54 Å². The van der Waals surface area contributed by atoms with E-state index in [2.05, 4.69) is 0 Å². The molecule has 1 saturated heterocycles. The molecule has 2 heterocycles. The Balaban J connectivity index is 1.99. The molecule has 2 unspecified atom stereocenters. The van der Waals surface area contributed by atoms with Gasteiger partial charge in [0.15, 0.2) is 0 Å². The van der Waals surface area contributed by atoms with Gasteiger partial charge in [0.25, 0.3) is 0 Å². The standard InChI is InChI=1S/C13H18N2O5/c1-14(5-9-3-4-19-6-9)13(18)15(2)11-8-20-7-10(11)12(16)17/h3-4,6,10-11H,5,7-8H2,1-2H3,(H,16,17). The summed E-state index contributed by atoms with van der Waals surface area (Å²) in [7, 11) is 3.26. The van der Waals surface area contributed by atoms with E-state index in [1.165, 1.54) is 9.80 Å². The van der Waals surface area contributed by atoms with Gasteiger partial charge in [-0.15, -0.1) is 0 Å². The average Bonchev–Trinajstić information content (AvgIpc) is 3.07. The highest BCUT2D eigenvalue weighted by Crippen LogP contribution is 2.20. The van der Waals surface area contributed by atoms with Crippen LogP contribution in [-0.2, 0) is 16.1 Å². The van der Waals surface area contributed by atoms with Crippen molar-refractivity contribution in [3.63, 3.8) is 0 Å². The molecule has 1 aromatic heterocycles. The van der Waals surface area contributed by atoms with Crippen molar-refractivity contribution in [2.45, 2.75) is 12.6 Å². The number of nitrogens with zero attached hydrogens (tertiary/aromatic N) is 2. The van der Waals surface area contributed by atoms with Gasteiger partial charge in [0.1, 0.15) is 5.92 Å². The molecule has 2 amide bonds. The van der Waals surface area contributed by atoms with Gasteiger partial charge in [-0.3, -0.25) is 4.79 Å². The first kappa shape index (κ1) is 14.4.